The van der Waals surface area contributed by atoms with Gasteiger partial charge in [0.2, 0.25) is 5.72 Å². The fourth-order valence-electron chi connectivity index (χ4n) is 6.99. The van der Waals surface area contributed by atoms with Gasteiger partial charge in [0.1, 0.15) is 5.75 Å². The molecule has 0 N–H and O–H groups in total. The van der Waals surface area contributed by atoms with Gasteiger partial charge >= 0.3 is 0 Å². The summed E-state index contributed by atoms with van der Waals surface area (Å²) >= 11 is 0. The largest absolute Gasteiger partial charge is 0.463 e. The van der Waals surface area contributed by atoms with Gasteiger partial charge in [-0.25, -0.2) is 0 Å². The summed E-state index contributed by atoms with van der Waals surface area (Å²) < 4.78 is 13.0. The van der Waals surface area contributed by atoms with E-state index in [9.17, 15) is 0 Å². The lowest BCUT2D eigenvalue weighted by atomic mass is 9.74. The van der Waals surface area contributed by atoms with E-state index in [0.717, 1.165) is 51.4 Å². The number of hydrogen-bond donors (Lipinski definition) is 0. The average Bonchev–Trinajstić information content (AvgIpc) is 3.14. The van der Waals surface area contributed by atoms with E-state index in [1.54, 1.807) is 0 Å². The number of rotatable bonds is 4. The summed E-state index contributed by atoms with van der Waals surface area (Å²) in [5.74, 6) is 0.972. The standard InChI is InChI=1S/C34H36N2O2/c1-4-5-18-36-29-15-14-24-10-6-7-11-25(24)32(29)33(2,3)34(36)17-16-28-26-12-8-9-13-27(26)30(23-31(28)38-34)35-19-21-37-22-20-35/h6-17,23H,4-5,18-22H2,1-3H3. The third-order valence-corrected chi connectivity index (χ3v) is 8.97. The van der Waals surface area contributed by atoms with E-state index in [2.05, 4.69) is 109 Å². The maximum absolute atomic E-state index is 7.36. The zero-order valence-electron chi connectivity index (χ0n) is 22.7. The van der Waals surface area contributed by atoms with Crippen molar-refractivity contribution in [2.24, 2.45) is 0 Å². The van der Waals surface area contributed by atoms with E-state index in [1.807, 2.05) is 0 Å². The summed E-state index contributed by atoms with van der Waals surface area (Å²) in [5.41, 5.74) is 4.23. The maximum atomic E-state index is 7.36. The first-order chi connectivity index (χ1) is 18.5. The fraction of sp³-hybridized carbons (Fsp3) is 0.353. The normalized spacial score (nSPS) is 21.7. The molecule has 4 heteroatoms. The lowest BCUT2D eigenvalue weighted by molar-refractivity contribution is 0.0539. The average molecular weight is 505 g/mol. The van der Waals surface area contributed by atoms with Crippen LogP contribution >= 0.6 is 0 Å². The van der Waals surface area contributed by atoms with Crippen LogP contribution in [-0.4, -0.2) is 38.6 Å². The summed E-state index contributed by atoms with van der Waals surface area (Å²) in [7, 11) is 0. The number of unbranched alkanes of at least 4 members (excludes halogenated alkanes) is 1. The molecule has 4 aromatic rings. The van der Waals surface area contributed by atoms with E-state index in [0.29, 0.717) is 0 Å². The quantitative estimate of drug-likeness (QED) is 0.287. The Kier molecular flexibility index (Phi) is 5.45. The zero-order valence-corrected chi connectivity index (χ0v) is 22.7. The molecule has 3 heterocycles. The number of morpholine rings is 1. The smallest absolute Gasteiger partial charge is 0.212 e. The van der Waals surface area contributed by atoms with Gasteiger partial charge in [0.15, 0.2) is 0 Å². The second kappa shape index (κ2) is 8.78. The molecule has 194 valence electrons. The van der Waals surface area contributed by atoms with Gasteiger partial charge in [-0.1, -0.05) is 67.9 Å². The molecule has 38 heavy (non-hydrogen) atoms. The van der Waals surface area contributed by atoms with Crippen molar-refractivity contribution in [3.05, 3.63) is 83.9 Å². The third kappa shape index (κ3) is 3.26. The van der Waals surface area contributed by atoms with Crippen LogP contribution in [0.2, 0.25) is 0 Å². The van der Waals surface area contributed by atoms with Crippen molar-refractivity contribution in [2.45, 2.75) is 44.8 Å². The Morgan fingerprint density at radius 3 is 2.37 bits per heavy atom. The monoisotopic (exact) mass is 504 g/mol. The second-order valence-corrected chi connectivity index (χ2v) is 11.4. The third-order valence-electron chi connectivity index (χ3n) is 8.97. The van der Waals surface area contributed by atoms with Crippen LogP contribution in [0.3, 0.4) is 0 Å². The number of benzene rings is 4. The molecule has 1 unspecified atom stereocenters. The molecule has 0 aromatic heterocycles. The Hall–Kier alpha value is -3.50. The number of fused-ring (bicyclic) bond motifs is 6. The van der Waals surface area contributed by atoms with Gasteiger partial charge in [0.05, 0.1) is 18.6 Å². The lowest BCUT2D eigenvalue weighted by Gasteiger charge is -2.47. The van der Waals surface area contributed by atoms with Crippen molar-refractivity contribution in [3.63, 3.8) is 0 Å². The molecule has 4 nitrogen and oxygen atoms in total. The van der Waals surface area contributed by atoms with Crippen LogP contribution in [0.5, 0.6) is 5.75 Å². The van der Waals surface area contributed by atoms with Crippen molar-refractivity contribution in [1.29, 1.82) is 0 Å². The predicted octanol–water partition coefficient (Wildman–Crippen LogP) is 7.53. The predicted molar refractivity (Wildman–Crippen MR) is 159 cm³/mol. The van der Waals surface area contributed by atoms with E-state index in [1.165, 1.54) is 44.0 Å². The van der Waals surface area contributed by atoms with Gasteiger partial charge in [-0.15, -0.1) is 0 Å². The van der Waals surface area contributed by atoms with E-state index >= 15 is 0 Å². The Morgan fingerprint density at radius 2 is 1.58 bits per heavy atom. The summed E-state index contributed by atoms with van der Waals surface area (Å²) in [4.78, 5) is 5.00. The molecule has 4 aromatic carbocycles. The minimum absolute atomic E-state index is 0.268. The molecule has 1 saturated heterocycles. The highest BCUT2D eigenvalue weighted by Gasteiger charge is 2.59. The van der Waals surface area contributed by atoms with Crippen LogP contribution in [0.25, 0.3) is 27.6 Å². The highest BCUT2D eigenvalue weighted by molar-refractivity contribution is 6.03. The molecule has 3 aliphatic rings. The molecule has 0 saturated carbocycles. The Morgan fingerprint density at radius 1 is 0.842 bits per heavy atom. The van der Waals surface area contributed by atoms with Crippen LogP contribution in [0, 0.1) is 0 Å². The number of nitrogens with zero attached hydrogens (tertiary/aromatic N) is 2. The molecule has 1 spiro atoms. The van der Waals surface area contributed by atoms with E-state index in [-0.39, 0.29) is 5.41 Å². The fourth-order valence-corrected chi connectivity index (χ4v) is 6.99. The maximum Gasteiger partial charge on any atom is 0.212 e. The highest BCUT2D eigenvalue weighted by Crippen LogP contribution is 2.57. The molecular formula is C34H36N2O2. The first-order valence-electron chi connectivity index (χ1n) is 14.1. The topological polar surface area (TPSA) is 24.9 Å². The van der Waals surface area contributed by atoms with Gasteiger partial charge in [0.25, 0.3) is 0 Å². The van der Waals surface area contributed by atoms with Crippen molar-refractivity contribution < 1.29 is 9.47 Å². The van der Waals surface area contributed by atoms with Crippen LogP contribution < -0.4 is 14.5 Å². The summed E-state index contributed by atoms with van der Waals surface area (Å²) in [6, 6.07) is 24.4. The molecule has 0 aliphatic carbocycles. The van der Waals surface area contributed by atoms with E-state index < -0.39 is 5.72 Å². The molecule has 1 fully saturated rings. The second-order valence-electron chi connectivity index (χ2n) is 11.4. The lowest BCUT2D eigenvalue weighted by Crippen LogP contribution is -2.59. The molecule has 0 radical (unpaired) electrons. The van der Waals surface area contributed by atoms with Crippen molar-refractivity contribution in [3.8, 4) is 5.75 Å². The SMILES string of the molecule is CCCCN1c2ccc3ccccc3c2C(C)(C)C12C=Cc1c(cc(N3CCOCC3)c3ccccc13)O2. The van der Waals surface area contributed by atoms with Gasteiger partial charge in [-0.05, 0) is 60.2 Å². The molecule has 3 aliphatic heterocycles. The Bertz CT molecular complexity index is 1570. The zero-order chi connectivity index (χ0) is 25.9. The highest BCUT2D eigenvalue weighted by atomic mass is 16.5. The Balaban J connectivity index is 1.43. The summed E-state index contributed by atoms with van der Waals surface area (Å²) in [5, 5.41) is 5.13. The van der Waals surface area contributed by atoms with Crippen LogP contribution in [0.1, 0.15) is 44.7 Å². The number of anilines is 2. The van der Waals surface area contributed by atoms with Crippen LogP contribution in [-0.2, 0) is 10.2 Å². The molecule has 0 amide bonds. The van der Waals surface area contributed by atoms with Crippen LogP contribution in [0.15, 0.2) is 72.8 Å². The first kappa shape index (κ1) is 23.6. The molecule has 0 bridgehead atoms. The minimum atomic E-state index is -0.605. The first-order valence-corrected chi connectivity index (χ1v) is 14.1. The molecule has 7 rings (SSSR count). The van der Waals surface area contributed by atoms with Crippen molar-refractivity contribution in [2.75, 3.05) is 42.6 Å². The van der Waals surface area contributed by atoms with Gasteiger partial charge in [-0.2, -0.15) is 0 Å². The van der Waals surface area contributed by atoms with Gasteiger partial charge < -0.3 is 19.3 Å². The van der Waals surface area contributed by atoms with Crippen molar-refractivity contribution >= 4 is 39.0 Å². The Labute approximate surface area is 225 Å². The summed E-state index contributed by atoms with van der Waals surface area (Å²) in [6.45, 7) is 11.3. The van der Waals surface area contributed by atoms with Crippen molar-refractivity contribution in [1.82, 2.24) is 0 Å². The minimum Gasteiger partial charge on any atom is -0.463 e. The van der Waals surface area contributed by atoms with Gasteiger partial charge in [0, 0.05) is 48.0 Å². The molecular weight excluding hydrogens is 468 g/mol. The van der Waals surface area contributed by atoms with E-state index in [4.69, 9.17) is 9.47 Å². The van der Waals surface area contributed by atoms with Crippen LogP contribution in [0.4, 0.5) is 11.4 Å². The van der Waals surface area contributed by atoms with Gasteiger partial charge in [-0.3, -0.25) is 0 Å². The summed E-state index contributed by atoms with van der Waals surface area (Å²) in [6.07, 6.45) is 6.94. The molecule has 1 atom stereocenters. The number of ether oxygens (including phenoxy) is 2. The number of hydrogen-bond acceptors (Lipinski definition) is 4.